The number of fused-ring (bicyclic) bond motifs is 1. The van der Waals surface area contributed by atoms with E-state index in [-0.39, 0.29) is 40.9 Å². The quantitative estimate of drug-likeness (QED) is 0.777. The van der Waals surface area contributed by atoms with E-state index < -0.39 is 11.8 Å². The Labute approximate surface area is 163 Å². The SMILES string of the molecule is Cc1cccc(C(C)C)c1NC(=O)CCN1C(=O)c2cccc(Cl)c2C1=O. The van der Waals surface area contributed by atoms with Gasteiger partial charge < -0.3 is 5.32 Å². The molecule has 0 saturated heterocycles. The second-order valence-corrected chi connectivity index (χ2v) is 7.32. The van der Waals surface area contributed by atoms with Gasteiger partial charge in [-0.25, -0.2) is 0 Å². The standard InChI is InChI=1S/C21H21ClN2O3/c1-12(2)14-7-4-6-13(3)19(14)23-17(25)10-11-24-20(26)15-8-5-9-16(22)18(15)21(24)27/h4-9,12H,10-11H2,1-3H3,(H,23,25). The van der Waals surface area contributed by atoms with Gasteiger partial charge in [-0.2, -0.15) is 0 Å². The molecule has 1 aliphatic rings. The van der Waals surface area contributed by atoms with Crippen LogP contribution in [-0.2, 0) is 4.79 Å². The number of aryl methyl sites for hydroxylation is 1. The molecule has 2 aromatic rings. The summed E-state index contributed by atoms with van der Waals surface area (Å²) in [5.74, 6) is -0.844. The number of hydrogen-bond donors (Lipinski definition) is 1. The second kappa shape index (κ2) is 7.53. The van der Waals surface area contributed by atoms with Gasteiger partial charge in [0.1, 0.15) is 0 Å². The third-order valence-corrected chi connectivity index (χ3v) is 5.02. The highest BCUT2D eigenvalue weighted by Crippen LogP contribution is 2.30. The molecule has 0 unspecified atom stereocenters. The van der Waals surface area contributed by atoms with Gasteiger partial charge in [0.25, 0.3) is 11.8 Å². The molecule has 0 bridgehead atoms. The average Bonchev–Trinajstić information content (AvgIpc) is 2.86. The molecule has 27 heavy (non-hydrogen) atoms. The molecule has 140 valence electrons. The number of nitrogens with one attached hydrogen (secondary N) is 1. The molecule has 0 spiro atoms. The van der Waals surface area contributed by atoms with Crippen LogP contribution in [0.2, 0.25) is 5.02 Å². The maximum Gasteiger partial charge on any atom is 0.263 e. The van der Waals surface area contributed by atoms with Crippen LogP contribution in [0.1, 0.15) is 58.0 Å². The van der Waals surface area contributed by atoms with Crippen LogP contribution in [0.3, 0.4) is 0 Å². The summed E-state index contributed by atoms with van der Waals surface area (Å²) < 4.78 is 0. The molecule has 0 saturated carbocycles. The highest BCUT2D eigenvalue weighted by molar-refractivity contribution is 6.37. The number of carbonyl (C=O) groups is 3. The first-order valence-corrected chi connectivity index (χ1v) is 9.23. The van der Waals surface area contributed by atoms with Crippen molar-refractivity contribution in [1.82, 2.24) is 4.90 Å². The predicted molar refractivity (Wildman–Crippen MR) is 105 cm³/mol. The number of hydrogen-bond acceptors (Lipinski definition) is 3. The Morgan fingerprint density at radius 3 is 2.48 bits per heavy atom. The number of nitrogens with zero attached hydrogens (tertiary/aromatic N) is 1. The van der Waals surface area contributed by atoms with Crippen molar-refractivity contribution >= 4 is 35.0 Å². The summed E-state index contributed by atoms with van der Waals surface area (Å²) in [5, 5.41) is 3.18. The minimum atomic E-state index is -0.452. The van der Waals surface area contributed by atoms with Gasteiger partial charge in [0.2, 0.25) is 5.91 Å². The molecular formula is C21H21ClN2O3. The third kappa shape index (κ3) is 3.60. The van der Waals surface area contributed by atoms with Crippen LogP contribution in [0.5, 0.6) is 0 Å². The monoisotopic (exact) mass is 384 g/mol. The van der Waals surface area contributed by atoms with E-state index in [0.29, 0.717) is 0 Å². The fourth-order valence-corrected chi connectivity index (χ4v) is 3.51. The maximum atomic E-state index is 12.5. The Kier molecular flexibility index (Phi) is 5.33. The molecule has 3 amide bonds. The van der Waals surface area contributed by atoms with E-state index in [1.807, 2.05) is 25.1 Å². The molecular weight excluding hydrogens is 364 g/mol. The van der Waals surface area contributed by atoms with Gasteiger partial charge in [0.15, 0.2) is 0 Å². The topological polar surface area (TPSA) is 66.5 Å². The predicted octanol–water partition coefficient (Wildman–Crippen LogP) is 4.40. The van der Waals surface area contributed by atoms with Gasteiger partial charge in [0.05, 0.1) is 16.1 Å². The first-order chi connectivity index (χ1) is 12.8. The molecule has 2 aromatic carbocycles. The van der Waals surface area contributed by atoms with Gasteiger partial charge in [-0.15, -0.1) is 0 Å². The fraction of sp³-hybridized carbons (Fsp3) is 0.286. The van der Waals surface area contributed by atoms with Crippen LogP contribution >= 0.6 is 11.6 Å². The maximum absolute atomic E-state index is 12.5. The number of para-hydroxylation sites is 1. The van der Waals surface area contributed by atoms with Crippen molar-refractivity contribution in [3.8, 4) is 0 Å². The molecule has 0 aliphatic carbocycles. The largest absolute Gasteiger partial charge is 0.326 e. The smallest absolute Gasteiger partial charge is 0.263 e. The van der Waals surface area contributed by atoms with Crippen molar-refractivity contribution < 1.29 is 14.4 Å². The minimum Gasteiger partial charge on any atom is -0.326 e. The number of imide groups is 1. The summed E-state index contributed by atoms with van der Waals surface area (Å²) >= 11 is 6.05. The van der Waals surface area contributed by atoms with Gasteiger partial charge >= 0.3 is 0 Å². The van der Waals surface area contributed by atoms with Crippen molar-refractivity contribution in [3.63, 3.8) is 0 Å². The molecule has 1 heterocycles. The highest BCUT2D eigenvalue weighted by Gasteiger charge is 2.37. The van der Waals surface area contributed by atoms with Crippen LogP contribution < -0.4 is 5.32 Å². The zero-order valence-corrected chi connectivity index (χ0v) is 16.3. The third-order valence-electron chi connectivity index (χ3n) is 4.70. The lowest BCUT2D eigenvalue weighted by Crippen LogP contribution is -2.33. The zero-order chi connectivity index (χ0) is 19.7. The Morgan fingerprint density at radius 1 is 1.11 bits per heavy atom. The number of benzene rings is 2. The van der Waals surface area contributed by atoms with Crippen molar-refractivity contribution in [2.24, 2.45) is 0 Å². The van der Waals surface area contributed by atoms with E-state index >= 15 is 0 Å². The average molecular weight is 385 g/mol. The summed E-state index contributed by atoms with van der Waals surface area (Å²) in [6.07, 6.45) is 0.0228. The van der Waals surface area contributed by atoms with Crippen LogP contribution in [0, 0.1) is 6.92 Å². The number of amides is 3. The minimum absolute atomic E-state index is 0.0113. The lowest BCUT2D eigenvalue weighted by atomic mass is 9.98. The number of rotatable bonds is 5. The van der Waals surface area contributed by atoms with E-state index in [0.717, 1.165) is 21.7 Å². The summed E-state index contributed by atoms with van der Waals surface area (Å²) in [6.45, 7) is 6.07. The second-order valence-electron chi connectivity index (χ2n) is 6.92. The Balaban J connectivity index is 1.70. The van der Waals surface area contributed by atoms with E-state index in [4.69, 9.17) is 11.6 Å². The molecule has 0 fully saturated rings. The molecule has 5 nitrogen and oxygen atoms in total. The van der Waals surface area contributed by atoms with Crippen molar-refractivity contribution in [1.29, 1.82) is 0 Å². The van der Waals surface area contributed by atoms with E-state index in [1.54, 1.807) is 18.2 Å². The van der Waals surface area contributed by atoms with Crippen LogP contribution in [0.15, 0.2) is 36.4 Å². The summed E-state index contributed by atoms with van der Waals surface area (Å²) in [4.78, 5) is 38.5. The van der Waals surface area contributed by atoms with Gasteiger partial charge in [-0.1, -0.05) is 49.7 Å². The molecule has 3 rings (SSSR count). The molecule has 0 aromatic heterocycles. The number of anilines is 1. The van der Waals surface area contributed by atoms with Crippen LogP contribution in [0.4, 0.5) is 5.69 Å². The Hall–Kier alpha value is -2.66. The van der Waals surface area contributed by atoms with Gasteiger partial charge in [0, 0.05) is 18.7 Å². The fourth-order valence-electron chi connectivity index (χ4n) is 3.25. The molecule has 0 atom stereocenters. The first-order valence-electron chi connectivity index (χ1n) is 8.85. The highest BCUT2D eigenvalue weighted by atomic mass is 35.5. The number of halogens is 1. The lowest BCUT2D eigenvalue weighted by molar-refractivity contribution is -0.116. The Bertz CT molecular complexity index is 937. The molecule has 1 N–H and O–H groups in total. The molecule has 0 radical (unpaired) electrons. The molecule has 1 aliphatic heterocycles. The number of carbonyl (C=O) groups excluding carboxylic acids is 3. The van der Waals surface area contributed by atoms with Crippen LogP contribution in [0.25, 0.3) is 0 Å². The summed E-state index contributed by atoms with van der Waals surface area (Å²) in [7, 11) is 0. The lowest BCUT2D eigenvalue weighted by Gasteiger charge is -2.18. The summed E-state index contributed by atoms with van der Waals surface area (Å²) in [5.41, 5.74) is 3.32. The first kappa shape index (κ1) is 19.1. The van der Waals surface area contributed by atoms with Gasteiger partial charge in [-0.3, -0.25) is 19.3 Å². The van der Waals surface area contributed by atoms with Crippen molar-refractivity contribution in [3.05, 3.63) is 63.7 Å². The zero-order valence-electron chi connectivity index (χ0n) is 15.5. The van der Waals surface area contributed by atoms with Crippen LogP contribution in [-0.4, -0.2) is 29.2 Å². The molecule has 6 heteroatoms. The van der Waals surface area contributed by atoms with E-state index in [2.05, 4.69) is 19.2 Å². The van der Waals surface area contributed by atoms with Crippen molar-refractivity contribution in [2.45, 2.75) is 33.1 Å². The van der Waals surface area contributed by atoms with Crippen molar-refractivity contribution in [2.75, 3.05) is 11.9 Å². The van der Waals surface area contributed by atoms with E-state index in [9.17, 15) is 14.4 Å². The Morgan fingerprint density at radius 2 is 1.81 bits per heavy atom. The van der Waals surface area contributed by atoms with Gasteiger partial charge in [-0.05, 0) is 36.1 Å². The summed E-state index contributed by atoms with van der Waals surface area (Å²) in [6, 6.07) is 10.7. The normalized spacial score (nSPS) is 13.3. The van der Waals surface area contributed by atoms with E-state index in [1.165, 1.54) is 0 Å².